The predicted molar refractivity (Wildman–Crippen MR) is 106 cm³/mol. The van der Waals surface area contributed by atoms with Gasteiger partial charge in [-0.2, -0.15) is 0 Å². The van der Waals surface area contributed by atoms with Crippen LogP contribution >= 0.6 is 63.7 Å². The molecule has 8 heteroatoms. The summed E-state index contributed by atoms with van der Waals surface area (Å²) in [5.41, 5.74) is 2.02. The molecule has 0 fully saturated rings. The summed E-state index contributed by atoms with van der Waals surface area (Å²) in [5, 5.41) is 0. The highest BCUT2D eigenvalue weighted by molar-refractivity contribution is 9.14. The first kappa shape index (κ1) is 21.6. The second kappa shape index (κ2) is 9.31. The van der Waals surface area contributed by atoms with Gasteiger partial charge in [0.1, 0.15) is 13.2 Å². The van der Waals surface area contributed by atoms with Crippen LogP contribution in [0.5, 0.6) is 0 Å². The van der Waals surface area contributed by atoms with Crippen molar-refractivity contribution in [1.82, 2.24) is 0 Å². The average Bonchev–Trinajstić information content (AvgIpc) is 2.51. The third-order valence-electron chi connectivity index (χ3n) is 2.84. The Morgan fingerprint density at radius 3 is 1.38 bits per heavy atom. The van der Waals surface area contributed by atoms with Crippen LogP contribution in [0.15, 0.2) is 42.2 Å². The molecule has 1 rings (SSSR count). The van der Waals surface area contributed by atoms with E-state index in [2.05, 4.69) is 76.9 Å². The van der Waals surface area contributed by atoms with Gasteiger partial charge in [-0.05, 0) is 77.6 Å². The van der Waals surface area contributed by atoms with Crippen molar-refractivity contribution in [3.63, 3.8) is 0 Å². The average molecular weight is 590 g/mol. The van der Waals surface area contributed by atoms with Crippen molar-refractivity contribution < 1.29 is 19.1 Å². The van der Waals surface area contributed by atoms with E-state index in [1.165, 1.54) is 0 Å². The van der Waals surface area contributed by atoms with E-state index >= 15 is 0 Å². The van der Waals surface area contributed by atoms with Gasteiger partial charge in [0.05, 0.1) is 0 Å². The zero-order chi connectivity index (χ0) is 18.6. The minimum atomic E-state index is -0.483. The molecule has 0 amide bonds. The van der Waals surface area contributed by atoms with E-state index in [1.807, 2.05) is 0 Å². The van der Waals surface area contributed by atoms with Crippen molar-refractivity contribution in [2.75, 3.05) is 0 Å². The maximum absolute atomic E-state index is 11.6. The highest BCUT2D eigenvalue weighted by Crippen LogP contribution is 2.42. The van der Waals surface area contributed by atoms with Crippen LogP contribution in [0.3, 0.4) is 0 Å². The fourth-order valence-corrected chi connectivity index (χ4v) is 4.44. The number of carbonyl (C=O) groups is 2. The van der Waals surface area contributed by atoms with Crippen LogP contribution in [-0.2, 0) is 32.3 Å². The lowest BCUT2D eigenvalue weighted by Crippen LogP contribution is -2.09. The number of hydrogen-bond acceptors (Lipinski definition) is 4. The van der Waals surface area contributed by atoms with Gasteiger partial charge in [0.2, 0.25) is 0 Å². The second-order valence-corrected chi connectivity index (χ2v) is 8.10. The molecule has 0 radical (unpaired) electrons. The van der Waals surface area contributed by atoms with Crippen LogP contribution in [-0.4, -0.2) is 11.9 Å². The minimum absolute atomic E-state index is 0.0279. The second-order valence-electron chi connectivity index (χ2n) is 4.93. The molecule has 1 aromatic rings. The Balaban J connectivity index is 3.16. The molecule has 0 atom stereocenters. The largest absolute Gasteiger partial charge is 0.457 e. The lowest BCUT2D eigenvalue weighted by atomic mass is 10.1. The zero-order valence-corrected chi connectivity index (χ0v) is 19.3. The Morgan fingerprint density at radius 2 is 1.08 bits per heavy atom. The SMILES string of the molecule is C=C(C)C(=O)OCc1c(Br)c(Br)c(Br)c(COC(=O)C(=C)C)c1Br. The fraction of sp³-hybridized carbons (Fsp3) is 0.250. The van der Waals surface area contributed by atoms with E-state index < -0.39 is 11.9 Å². The molecule has 0 aromatic heterocycles. The molecule has 1 aromatic carbocycles. The standard InChI is InChI=1S/C16H14Br4O4/c1-7(2)15(21)23-5-9-11(17)10(6-24-16(22)8(3)4)13(19)14(20)12(9)18/h1,3,5-6H2,2,4H3. The molecule has 0 aliphatic carbocycles. The highest BCUT2D eigenvalue weighted by atomic mass is 79.9. The van der Waals surface area contributed by atoms with E-state index in [0.29, 0.717) is 40.2 Å². The number of ether oxygens (including phenoxy) is 2. The van der Waals surface area contributed by atoms with Gasteiger partial charge in [-0.1, -0.05) is 13.2 Å². The van der Waals surface area contributed by atoms with E-state index in [-0.39, 0.29) is 13.2 Å². The van der Waals surface area contributed by atoms with Gasteiger partial charge in [0, 0.05) is 40.2 Å². The van der Waals surface area contributed by atoms with Crippen LogP contribution in [0.2, 0.25) is 0 Å². The van der Waals surface area contributed by atoms with Crippen LogP contribution in [0.25, 0.3) is 0 Å². The predicted octanol–water partition coefficient (Wildman–Crippen LogP) is 5.98. The molecule has 0 saturated heterocycles. The van der Waals surface area contributed by atoms with Crippen LogP contribution in [0.4, 0.5) is 0 Å². The number of carbonyl (C=O) groups excluding carboxylic acids is 2. The molecule has 0 aliphatic rings. The topological polar surface area (TPSA) is 52.6 Å². The van der Waals surface area contributed by atoms with Gasteiger partial charge in [-0.15, -0.1) is 0 Å². The van der Waals surface area contributed by atoms with Gasteiger partial charge in [0.15, 0.2) is 0 Å². The van der Waals surface area contributed by atoms with Crippen molar-refractivity contribution in [1.29, 1.82) is 0 Å². The Bertz CT molecular complexity index is 668. The van der Waals surface area contributed by atoms with Crippen LogP contribution in [0, 0.1) is 0 Å². The maximum atomic E-state index is 11.6. The smallest absolute Gasteiger partial charge is 0.333 e. The molecular formula is C16H14Br4O4. The quantitative estimate of drug-likeness (QED) is 0.177. The summed E-state index contributed by atoms with van der Waals surface area (Å²) in [6.45, 7) is 10.3. The first-order chi connectivity index (χ1) is 11.1. The van der Waals surface area contributed by atoms with Crippen LogP contribution in [0.1, 0.15) is 25.0 Å². The third kappa shape index (κ3) is 5.28. The molecule has 0 heterocycles. The van der Waals surface area contributed by atoms with Gasteiger partial charge in [-0.25, -0.2) is 9.59 Å². The van der Waals surface area contributed by atoms with E-state index in [4.69, 9.17) is 9.47 Å². The molecular weight excluding hydrogens is 576 g/mol. The van der Waals surface area contributed by atoms with Crippen molar-refractivity contribution in [3.05, 3.63) is 53.3 Å². The summed E-state index contributed by atoms with van der Waals surface area (Å²) >= 11 is 13.9. The molecule has 0 bridgehead atoms. The number of hydrogen-bond donors (Lipinski definition) is 0. The Hall–Kier alpha value is -0.440. The van der Waals surface area contributed by atoms with E-state index in [0.717, 1.165) is 0 Å². The molecule has 4 nitrogen and oxygen atoms in total. The summed E-state index contributed by atoms with van der Waals surface area (Å²) < 4.78 is 13.2. The van der Waals surface area contributed by atoms with Crippen molar-refractivity contribution in [2.24, 2.45) is 0 Å². The monoisotopic (exact) mass is 586 g/mol. The van der Waals surface area contributed by atoms with Gasteiger partial charge >= 0.3 is 11.9 Å². The number of halogens is 4. The Morgan fingerprint density at radius 1 is 0.750 bits per heavy atom. The minimum Gasteiger partial charge on any atom is -0.457 e. The van der Waals surface area contributed by atoms with Crippen molar-refractivity contribution in [2.45, 2.75) is 27.1 Å². The molecule has 0 unspecified atom stereocenters. The van der Waals surface area contributed by atoms with Gasteiger partial charge in [0.25, 0.3) is 0 Å². The van der Waals surface area contributed by atoms with Crippen molar-refractivity contribution >= 4 is 75.7 Å². The van der Waals surface area contributed by atoms with Crippen LogP contribution < -0.4 is 0 Å². The normalized spacial score (nSPS) is 10.2. The summed E-state index contributed by atoms with van der Waals surface area (Å²) in [6, 6.07) is 0. The Kier molecular flexibility index (Phi) is 8.38. The maximum Gasteiger partial charge on any atom is 0.333 e. The first-order valence-electron chi connectivity index (χ1n) is 6.56. The Labute approximate surface area is 174 Å². The summed E-state index contributed by atoms with van der Waals surface area (Å²) in [7, 11) is 0. The van der Waals surface area contributed by atoms with Gasteiger partial charge < -0.3 is 9.47 Å². The third-order valence-corrected chi connectivity index (χ3v) is 7.40. The molecule has 0 saturated carbocycles. The lowest BCUT2D eigenvalue weighted by Gasteiger charge is -2.17. The van der Waals surface area contributed by atoms with Gasteiger partial charge in [-0.3, -0.25) is 0 Å². The molecule has 0 spiro atoms. The number of esters is 2. The fourth-order valence-electron chi connectivity index (χ4n) is 1.51. The highest BCUT2D eigenvalue weighted by Gasteiger charge is 2.21. The number of benzene rings is 1. The van der Waals surface area contributed by atoms with E-state index in [9.17, 15) is 9.59 Å². The zero-order valence-electron chi connectivity index (χ0n) is 13.0. The van der Waals surface area contributed by atoms with Crippen molar-refractivity contribution in [3.8, 4) is 0 Å². The molecule has 0 aliphatic heterocycles. The first-order valence-corrected chi connectivity index (χ1v) is 9.74. The number of rotatable bonds is 6. The summed E-state index contributed by atoms with van der Waals surface area (Å²) in [6.07, 6.45) is 0. The summed E-state index contributed by atoms with van der Waals surface area (Å²) in [5.74, 6) is -0.966. The molecule has 130 valence electrons. The van der Waals surface area contributed by atoms with E-state index in [1.54, 1.807) is 13.8 Å². The lowest BCUT2D eigenvalue weighted by molar-refractivity contribution is -0.140. The summed E-state index contributed by atoms with van der Waals surface area (Å²) in [4.78, 5) is 23.2. The molecule has 0 N–H and O–H groups in total. The molecule has 24 heavy (non-hydrogen) atoms.